The Bertz CT molecular complexity index is 348. The van der Waals surface area contributed by atoms with Gasteiger partial charge in [-0.1, -0.05) is 40.5 Å². The van der Waals surface area contributed by atoms with Crippen LogP contribution in [-0.2, 0) is 14.4 Å². The zero-order valence-corrected chi connectivity index (χ0v) is 12.8. The van der Waals surface area contributed by atoms with E-state index in [4.69, 9.17) is 5.11 Å². The number of carboxylic acids is 1. The minimum Gasteiger partial charge on any atom is -0.480 e. The minimum absolute atomic E-state index is 0.0811. The van der Waals surface area contributed by atoms with Crippen molar-refractivity contribution in [3.05, 3.63) is 0 Å². The number of amides is 2. The molecule has 0 aliphatic rings. The lowest BCUT2D eigenvalue weighted by Gasteiger charge is -2.18. The molecule has 6 heteroatoms. The van der Waals surface area contributed by atoms with Crippen molar-refractivity contribution in [2.45, 2.75) is 59.4 Å². The summed E-state index contributed by atoms with van der Waals surface area (Å²) in [5.41, 5.74) is -0.499. The van der Waals surface area contributed by atoms with Crippen molar-refractivity contribution in [3.8, 4) is 0 Å². The molecule has 0 rings (SSSR count). The van der Waals surface area contributed by atoms with E-state index >= 15 is 0 Å². The van der Waals surface area contributed by atoms with Crippen molar-refractivity contribution < 1.29 is 19.5 Å². The van der Waals surface area contributed by atoms with Crippen LogP contribution in [0, 0.1) is 5.41 Å². The summed E-state index contributed by atoms with van der Waals surface area (Å²) in [6.07, 6.45) is 2.13. The van der Waals surface area contributed by atoms with E-state index in [-0.39, 0.29) is 24.8 Å². The van der Waals surface area contributed by atoms with Gasteiger partial charge in [-0.3, -0.25) is 9.59 Å². The quantitative estimate of drug-likeness (QED) is 0.626. The van der Waals surface area contributed by atoms with E-state index in [1.54, 1.807) is 20.8 Å². The van der Waals surface area contributed by atoms with Gasteiger partial charge in [0.05, 0.1) is 0 Å². The number of rotatable bonds is 8. The van der Waals surface area contributed by atoms with Crippen molar-refractivity contribution >= 4 is 17.8 Å². The molecule has 0 unspecified atom stereocenters. The fourth-order valence-electron chi connectivity index (χ4n) is 1.49. The standard InChI is InChI=1S/C14H26N2O4/c1-5-6-7-10(12(18)19)16-11(17)8-9-15-13(20)14(2,3)4/h10H,5-9H2,1-4H3,(H,15,20)(H,16,17)(H,18,19)/t10-/m0/s1. The average molecular weight is 286 g/mol. The van der Waals surface area contributed by atoms with Crippen LogP contribution in [0.1, 0.15) is 53.4 Å². The van der Waals surface area contributed by atoms with Crippen LogP contribution < -0.4 is 10.6 Å². The van der Waals surface area contributed by atoms with E-state index in [2.05, 4.69) is 10.6 Å². The number of hydrogen-bond donors (Lipinski definition) is 3. The molecule has 0 fully saturated rings. The maximum atomic E-state index is 11.6. The third-order valence-corrected chi connectivity index (χ3v) is 2.80. The lowest BCUT2D eigenvalue weighted by atomic mass is 9.96. The first-order valence-corrected chi connectivity index (χ1v) is 6.99. The van der Waals surface area contributed by atoms with E-state index in [9.17, 15) is 14.4 Å². The second-order valence-corrected chi connectivity index (χ2v) is 5.86. The Morgan fingerprint density at radius 2 is 1.80 bits per heavy atom. The lowest BCUT2D eigenvalue weighted by molar-refractivity contribution is -0.142. The molecule has 6 nitrogen and oxygen atoms in total. The van der Waals surface area contributed by atoms with E-state index in [0.29, 0.717) is 6.42 Å². The molecule has 0 saturated heterocycles. The van der Waals surface area contributed by atoms with Gasteiger partial charge in [0.2, 0.25) is 11.8 Å². The average Bonchev–Trinajstić information content (AvgIpc) is 2.32. The van der Waals surface area contributed by atoms with Crippen LogP contribution in [0.5, 0.6) is 0 Å². The van der Waals surface area contributed by atoms with Crippen LogP contribution in [-0.4, -0.2) is 35.5 Å². The Kier molecular flexibility index (Phi) is 7.87. The van der Waals surface area contributed by atoms with Crippen LogP contribution in [0.25, 0.3) is 0 Å². The molecule has 0 spiro atoms. The highest BCUT2D eigenvalue weighted by Crippen LogP contribution is 2.12. The predicted molar refractivity (Wildman–Crippen MR) is 76.2 cm³/mol. The summed E-state index contributed by atoms with van der Waals surface area (Å²) in [6, 6.07) is -0.847. The summed E-state index contributed by atoms with van der Waals surface area (Å²) in [5, 5.41) is 14.1. The molecule has 0 saturated carbocycles. The fourth-order valence-corrected chi connectivity index (χ4v) is 1.49. The molecule has 0 aromatic heterocycles. The summed E-state index contributed by atoms with van der Waals surface area (Å²) in [5.74, 6) is -1.51. The van der Waals surface area contributed by atoms with Crippen molar-refractivity contribution in [1.29, 1.82) is 0 Å². The SMILES string of the molecule is CCCC[C@H](NC(=O)CCNC(=O)C(C)(C)C)C(=O)O. The largest absolute Gasteiger partial charge is 0.480 e. The first kappa shape index (κ1) is 18.4. The van der Waals surface area contributed by atoms with Gasteiger partial charge in [-0.25, -0.2) is 4.79 Å². The highest BCUT2D eigenvalue weighted by Gasteiger charge is 2.22. The van der Waals surface area contributed by atoms with Gasteiger partial charge in [0, 0.05) is 18.4 Å². The maximum Gasteiger partial charge on any atom is 0.326 e. The van der Waals surface area contributed by atoms with Gasteiger partial charge in [0.25, 0.3) is 0 Å². The van der Waals surface area contributed by atoms with Gasteiger partial charge < -0.3 is 15.7 Å². The van der Waals surface area contributed by atoms with Gasteiger partial charge in [-0.05, 0) is 6.42 Å². The molecule has 0 aromatic carbocycles. The Morgan fingerprint density at radius 3 is 2.25 bits per heavy atom. The van der Waals surface area contributed by atoms with E-state index in [1.807, 2.05) is 6.92 Å². The summed E-state index contributed by atoms with van der Waals surface area (Å²) in [4.78, 5) is 34.2. The molecule has 0 aliphatic heterocycles. The Labute approximate surface area is 120 Å². The van der Waals surface area contributed by atoms with Crippen LogP contribution in [0.3, 0.4) is 0 Å². The first-order valence-electron chi connectivity index (χ1n) is 6.99. The molecule has 0 heterocycles. The smallest absolute Gasteiger partial charge is 0.326 e. The third kappa shape index (κ3) is 7.76. The van der Waals surface area contributed by atoms with Gasteiger partial charge in [0.1, 0.15) is 6.04 Å². The Balaban J connectivity index is 4.08. The van der Waals surface area contributed by atoms with Crippen LogP contribution in [0.15, 0.2) is 0 Å². The molecule has 0 aliphatic carbocycles. The van der Waals surface area contributed by atoms with E-state index in [0.717, 1.165) is 12.8 Å². The monoisotopic (exact) mass is 286 g/mol. The van der Waals surface area contributed by atoms with Gasteiger partial charge >= 0.3 is 5.97 Å². The number of hydrogen-bond acceptors (Lipinski definition) is 3. The number of carbonyl (C=O) groups excluding carboxylic acids is 2. The maximum absolute atomic E-state index is 11.6. The van der Waals surface area contributed by atoms with E-state index in [1.165, 1.54) is 0 Å². The van der Waals surface area contributed by atoms with Crippen LogP contribution in [0.4, 0.5) is 0 Å². The molecule has 0 radical (unpaired) electrons. The third-order valence-electron chi connectivity index (χ3n) is 2.80. The van der Waals surface area contributed by atoms with Gasteiger partial charge in [0.15, 0.2) is 0 Å². The Hall–Kier alpha value is -1.59. The minimum atomic E-state index is -1.02. The molecular formula is C14H26N2O4. The fraction of sp³-hybridized carbons (Fsp3) is 0.786. The molecule has 1 atom stereocenters. The number of carbonyl (C=O) groups is 3. The number of aliphatic carboxylic acids is 1. The zero-order valence-electron chi connectivity index (χ0n) is 12.8. The molecule has 2 amide bonds. The Morgan fingerprint density at radius 1 is 1.20 bits per heavy atom. The lowest BCUT2D eigenvalue weighted by Crippen LogP contribution is -2.42. The second-order valence-electron chi connectivity index (χ2n) is 5.86. The molecule has 116 valence electrons. The van der Waals surface area contributed by atoms with Crippen LogP contribution in [0.2, 0.25) is 0 Å². The van der Waals surface area contributed by atoms with Gasteiger partial charge in [-0.2, -0.15) is 0 Å². The van der Waals surface area contributed by atoms with Crippen molar-refractivity contribution in [2.75, 3.05) is 6.54 Å². The number of nitrogens with one attached hydrogen (secondary N) is 2. The van der Waals surface area contributed by atoms with Gasteiger partial charge in [-0.15, -0.1) is 0 Å². The molecular weight excluding hydrogens is 260 g/mol. The molecule has 0 bridgehead atoms. The van der Waals surface area contributed by atoms with Crippen molar-refractivity contribution in [2.24, 2.45) is 5.41 Å². The highest BCUT2D eigenvalue weighted by atomic mass is 16.4. The second kappa shape index (κ2) is 8.55. The van der Waals surface area contributed by atoms with Crippen molar-refractivity contribution in [3.63, 3.8) is 0 Å². The number of carboxylic acid groups (broad SMARTS) is 1. The van der Waals surface area contributed by atoms with E-state index < -0.39 is 17.4 Å². The van der Waals surface area contributed by atoms with Crippen molar-refractivity contribution in [1.82, 2.24) is 10.6 Å². The predicted octanol–water partition coefficient (Wildman–Crippen LogP) is 1.30. The molecule has 0 aromatic rings. The first-order chi connectivity index (χ1) is 9.18. The zero-order chi connectivity index (χ0) is 15.8. The normalized spacial score (nSPS) is 12.6. The summed E-state index contributed by atoms with van der Waals surface area (Å²) in [6.45, 7) is 7.53. The van der Waals surface area contributed by atoms with Crippen LogP contribution >= 0.6 is 0 Å². The highest BCUT2D eigenvalue weighted by molar-refractivity contribution is 5.84. The molecule has 20 heavy (non-hydrogen) atoms. The summed E-state index contributed by atoms with van der Waals surface area (Å²) < 4.78 is 0. The summed E-state index contributed by atoms with van der Waals surface area (Å²) in [7, 11) is 0. The topological polar surface area (TPSA) is 95.5 Å². The molecule has 3 N–H and O–H groups in total. The summed E-state index contributed by atoms with van der Waals surface area (Å²) >= 11 is 0. The number of unbranched alkanes of at least 4 members (excludes halogenated alkanes) is 1.